The van der Waals surface area contributed by atoms with E-state index in [0.29, 0.717) is 5.01 Å². The predicted octanol–water partition coefficient (Wildman–Crippen LogP) is 2.84. The van der Waals surface area contributed by atoms with Crippen LogP contribution in [0, 0.1) is 13.8 Å². The third-order valence-electron chi connectivity index (χ3n) is 2.35. The molecule has 78 valence electrons. The van der Waals surface area contributed by atoms with E-state index in [1.165, 1.54) is 11.1 Å². The topological polar surface area (TPSA) is 53.4 Å². The summed E-state index contributed by atoms with van der Waals surface area (Å²) in [5.74, 6) is -0.298. The first-order valence-electron chi connectivity index (χ1n) is 4.54. The van der Waals surface area contributed by atoms with Crippen LogP contribution in [0.4, 0.5) is 0 Å². The highest BCUT2D eigenvalue weighted by molar-refractivity contribution is 7.17. The smallest absolute Gasteiger partial charge is 0.267 e. The molecule has 2 aromatic rings. The summed E-state index contributed by atoms with van der Waals surface area (Å²) in [5.41, 5.74) is 3.30. The zero-order chi connectivity index (χ0) is 11.0. The van der Waals surface area contributed by atoms with Gasteiger partial charge in [-0.3, -0.25) is 0 Å². The molecule has 0 spiro atoms. The summed E-state index contributed by atoms with van der Waals surface area (Å²) in [6.45, 7) is 4.06. The first kappa shape index (κ1) is 9.98. The zero-order valence-electron chi connectivity index (χ0n) is 8.48. The molecule has 2 rings (SSSR count). The number of rotatable bonds is 1. The van der Waals surface area contributed by atoms with E-state index in [-0.39, 0.29) is 10.9 Å². The first-order valence-corrected chi connectivity index (χ1v) is 5.36. The van der Waals surface area contributed by atoms with Gasteiger partial charge in [-0.1, -0.05) is 23.5 Å². The molecule has 15 heavy (non-hydrogen) atoms. The summed E-state index contributed by atoms with van der Waals surface area (Å²) in [4.78, 5) is 3.88. The predicted molar refractivity (Wildman–Crippen MR) is 60.4 cm³/mol. The summed E-state index contributed by atoms with van der Waals surface area (Å²) in [6, 6.07) is 5.92. The van der Waals surface area contributed by atoms with Crippen molar-refractivity contribution < 1.29 is 10.2 Å². The Hall–Kier alpha value is -1.55. The molecule has 0 aliphatic carbocycles. The quantitative estimate of drug-likeness (QED) is 0.778. The second-order valence-corrected chi connectivity index (χ2v) is 4.42. The van der Waals surface area contributed by atoms with Gasteiger partial charge in [0.1, 0.15) is 5.01 Å². The molecule has 0 saturated carbocycles. The molecule has 1 heterocycles. The van der Waals surface area contributed by atoms with E-state index in [1.54, 1.807) is 0 Å². The van der Waals surface area contributed by atoms with Crippen LogP contribution in [0.3, 0.4) is 0 Å². The average Bonchev–Trinajstić information content (AvgIpc) is 2.52. The van der Waals surface area contributed by atoms with Crippen molar-refractivity contribution in [1.82, 2.24) is 4.98 Å². The zero-order valence-corrected chi connectivity index (χ0v) is 9.30. The Morgan fingerprint density at radius 2 is 1.87 bits per heavy atom. The summed E-state index contributed by atoms with van der Waals surface area (Å²) in [7, 11) is 0. The van der Waals surface area contributed by atoms with E-state index in [4.69, 9.17) is 0 Å². The third kappa shape index (κ3) is 1.80. The molecule has 3 nitrogen and oxygen atoms in total. The van der Waals surface area contributed by atoms with Crippen LogP contribution in [-0.2, 0) is 0 Å². The first-order chi connectivity index (χ1) is 7.08. The number of benzene rings is 1. The fourth-order valence-corrected chi connectivity index (χ4v) is 2.00. The second kappa shape index (κ2) is 3.55. The highest BCUT2D eigenvalue weighted by Crippen LogP contribution is 2.37. The van der Waals surface area contributed by atoms with Gasteiger partial charge in [-0.2, -0.15) is 4.98 Å². The maximum absolute atomic E-state index is 9.23. The lowest BCUT2D eigenvalue weighted by Gasteiger charge is -2.01. The molecular weight excluding hydrogens is 210 g/mol. The lowest BCUT2D eigenvalue weighted by atomic mass is 10.1. The van der Waals surface area contributed by atoms with Crippen LogP contribution in [0.2, 0.25) is 0 Å². The van der Waals surface area contributed by atoms with Crippen LogP contribution in [0.25, 0.3) is 10.6 Å². The summed E-state index contributed by atoms with van der Waals surface area (Å²) < 4.78 is 0. The molecule has 1 aromatic heterocycles. The monoisotopic (exact) mass is 221 g/mol. The van der Waals surface area contributed by atoms with Crippen molar-refractivity contribution in [2.24, 2.45) is 0 Å². The van der Waals surface area contributed by atoms with Gasteiger partial charge in [0.2, 0.25) is 5.06 Å². The van der Waals surface area contributed by atoms with Crippen molar-refractivity contribution in [3.05, 3.63) is 29.3 Å². The fourth-order valence-electron chi connectivity index (χ4n) is 1.30. The fraction of sp³-hybridized carbons (Fsp3) is 0.182. The molecule has 0 fully saturated rings. The molecule has 2 N–H and O–H groups in total. The molecular formula is C11H11NO2S. The number of hydrogen-bond donors (Lipinski definition) is 2. The number of nitrogens with zero attached hydrogens (tertiary/aromatic N) is 1. The van der Waals surface area contributed by atoms with Gasteiger partial charge >= 0.3 is 0 Å². The molecule has 0 aliphatic rings. The average molecular weight is 221 g/mol. The Balaban J connectivity index is 2.49. The highest BCUT2D eigenvalue weighted by Gasteiger charge is 2.10. The highest BCUT2D eigenvalue weighted by atomic mass is 32.1. The standard InChI is InChI=1S/C11H11NO2S/c1-6-3-4-8(5-7(6)2)10-12-9(13)11(14)15-10/h3-5,13-14H,1-2H3. The van der Waals surface area contributed by atoms with Crippen LogP contribution >= 0.6 is 11.3 Å². The molecule has 1 aromatic carbocycles. The van der Waals surface area contributed by atoms with E-state index < -0.39 is 0 Å². The molecule has 0 aliphatic heterocycles. The van der Waals surface area contributed by atoms with Crippen LogP contribution in [0.5, 0.6) is 10.9 Å². The number of aryl methyl sites for hydroxylation is 2. The van der Waals surface area contributed by atoms with Crippen molar-refractivity contribution in [2.45, 2.75) is 13.8 Å². The molecule has 0 amide bonds. The Morgan fingerprint density at radius 3 is 2.40 bits per heavy atom. The summed E-state index contributed by atoms with van der Waals surface area (Å²) >= 11 is 1.08. The Bertz CT molecular complexity index is 486. The van der Waals surface area contributed by atoms with Gasteiger partial charge in [0.05, 0.1) is 0 Å². The van der Waals surface area contributed by atoms with Crippen LogP contribution in [0.1, 0.15) is 11.1 Å². The summed E-state index contributed by atoms with van der Waals surface area (Å²) in [6.07, 6.45) is 0. The van der Waals surface area contributed by atoms with Crippen LogP contribution < -0.4 is 0 Å². The Kier molecular flexibility index (Phi) is 2.36. The Labute approximate surface area is 91.7 Å². The lowest BCUT2D eigenvalue weighted by molar-refractivity contribution is 0.402. The lowest BCUT2D eigenvalue weighted by Crippen LogP contribution is -1.82. The molecule has 0 bridgehead atoms. The van der Waals surface area contributed by atoms with Crippen molar-refractivity contribution in [1.29, 1.82) is 0 Å². The van der Waals surface area contributed by atoms with E-state index in [2.05, 4.69) is 4.98 Å². The van der Waals surface area contributed by atoms with Gasteiger partial charge < -0.3 is 10.2 Å². The minimum Gasteiger partial charge on any atom is -0.496 e. The van der Waals surface area contributed by atoms with Gasteiger partial charge in [0.15, 0.2) is 0 Å². The molecule has 0 radical (unpaired) electrons. The number of hydrogen-bond acceptors (Lipinski definition) is 4. The maximum atomic E-state index is 9.23. The van der Waals surface area contributed by atoms with Crippen molar-refractivity contribution in [3.8, 4) is 21.5 Å². The van der Waals surface area contributed by atoms with Crippen molar-refractivity contribution >= 4 is 11.3 Å². The Morgan fingerprint density at radius 1 is 1.13 bits per heavy atom. The number of aromatic hydroxyl groups is 2. The van der Waals surface area contributed by atoms with E-state index in [0.717, 1.165) is 16.9 Å². The van der Waals surface area contributed by atoms with E-state index >= 15 is 0 Å². The molecule has 0 atom stereocenters. The molecule has 0 saturated heterocycles. The second-order valence-electron chi connectivity index (χ2n) is 3.45. The minimum atomic E-state index is -0.298. The van der Waals surface area contributed by atoms with Gasteiger partial charge in [0.25, 0.3) is 5.88 Å². The largest absolute Gasteiger partial charge is 0.496 e. The minimum absolute atomic E-state index is 0.136. The van der Waals surface area contributed by atoms with Crippen LogP contribution in [0.15, 0.2) is 18.2 Å². The van der Waals surface area contributed by atoms with Crippen LogP contribution in [-0.4, -0.2) is 15.2 Å². The number of thiazole rings is 1. The van der Waals surface area contributed by atoms with E-state index in [1.807, 2.05) is 32.0 Å². The van der Waals surface area contributed by atoms with Gasteiger partial charge in [-0.05, 0) is 31.0 Å². The normalized spacial score (nSPS) is 10.5. The van der Waals surface area contributed by atoms with Gasteiger partial charge in [-0.15, -0.1) is 0 Å². The summed E-state index contributed by atoms with van der Waals surface area (Å²) in [5, 5.41) is 18.9. The molecule has 0 unspecified atom stereocenters. The van der Waals surface area contributed by atoms with Crippen molar-refractivity contribution in [2.75, 3.05) is 0 Å². The number of aromatic nitrogens is 1. The third-order valence-corrected chi connectivity index (χ3v) is 3.24. The van der Waals surface area contributed by atoms with Gasteiger partial charge in [-0.25, -0.2) is 0 Å². The molecule has 4 heteroatoms. The van der Waals surface area contributed by atoms with Crippen molar-refractivity contribution in [3.63, 3.8) is 0 Å². The van der Waals surface area contributed by atoms with E-state index in [9.17, 15) is 10.2 Å². The van der Waals surface area contributed by atoms with Gasteiger partial charge in [0, 0.05) is 5.56 Å². The SMILES string of the molecule is Cc1ccc(-c2nc(O)c(O)s2)cc1C. The maximum Gasteiger partial charge on any atom is 0.267 e.